The van der Waals surface area contributed by atoms with Crippen LogP contribution in [0.2, 0.25) is 0 Å². The third-order valence-electron chi connectivity index (χ3n) is 4.24. The van der Waals surface area contributed by atoms with Crippen molar-refractivity contribution >= 4 is 41.3 Å². The number of nitrogens with one attached hydrogen (secondary N) is 2. The monoisotopic (exact) mass is 496 g/mol. The first-order valence-corrected chi connectivity index (χ1v) is 9.45. The largest absolute Gasteiger partial charge is 0.351 e. The summed E-state index contributed by atoms with van der Waals surface area (Å²) in [6, 6.07) is 12.4. The number of nitrogens with zero attached hydrogens (tertiary/aromatic N) is 4. The van der Waals surface area contributed by atoms with Gasteiger partial charge in [-0.2, -0.15) is 0 Å². The van der Waals surface area contributed by atoms with Crippen LogP contribution in [0.5, 0.6) is 0 Å². The maximum Gasteiger partial charge on any atom is 0.192 e. The normalized spacial score (nSPS) is 11.1. The van der Waals surface area contributed by atoms with Crippen molar-refractivity contribution in [2.45, 2.75) is 33.5 Å². The summed E-state index contributed by atoms with van der Waals surface area (Å²) in [7, 11) is 1.97. The molecule has 0 atom stereocenters. The standard InChI is InChI=1S/C19H24N6S.HI/c1-14-9-10-26-17(14)12-21-19(20-11-16-7-5-4-6-8-16)22-13-18-24-23-15(2)25(18)3;/h4-10H,11-13H2,1-3H3,(H2,20,21,22);1H. The summed E-state index contributed by atoms with van der Waals surface area (Å²) in [5.74, 6) is 2.54. The van der Waals surface area contributed by atoms with Crippen molar-refractivity contribution in [3.05, 3.63) is 69.4 Å². The third kappa shape index (κ3) is 6.03. The summed E-state index contributed by atoms with van der Waals surface area (Å²) < 4.78 is 1.98. The Morgan fingerprint density at radius 1 is 1.07 bits per heavy atom. The number of hydrogen-bond donors (Lipinski definition) is 2. The van der Waals surface area contributed by atoms with Crippen LogP contribution in [0, 0.1) is 13.8 Å². The Balaban J connectivity index is 0.00000261. The fourth-order valence-corrected chi connectivity index (χ4v) is 3.29. The van der Waals surface area contributed by atoms with E-state index in [0.29, 0.717) is 13.1 Å². The molecule has 8 heteroatoms. The highest BCUT2D eigenvalue weighted by Gasteiger charge is 2.07. The Bertz CT molecular complexity index is 871. The topological polar surface area (TPSA) is 67.1 Å². The predicted octanol–water partition coefficient (Wildman–Crippen LogP) is 3.55. The zero-order chi connectivity index (χ0) is 18.4. The molecule has 0 fully saturated rings. The van der Waals surface area contributed by atoms with Crippen LogP contribution in [-0.2, 0) is 26.7 Å². The van der Waals surface area contributed by atoms with Crippen molar-refractivity contribution in [1.82, 2.24) is 25.4 Å². The molecule has 3 aromatic rings. The molecule has 144 valence electrons. The van der Waals surface area contributed by atoms with E-state index in [2.05, 4.69) is 51.3 Å². The van der Waals surface area contributed by atoms with E-state index in [0.717, 1.165) is 24.2 Å². The van der Waals surface area contributed by atoms with E-state index < -0.39 is 0 Å². The summed E-state index contributed by atoms with van der Waals surface area (Å²) >= 11 is 1.75. The van der Waals surface area contributed by atoms with Crippen molar-refractivity contribution in [2.24, 2.45) is 12.0 Å². The maximum atomic E-state index is 4.72. The minimum absolute atomic E-state index is 0. The van der Waals surface area contributed by atoms with Crippen LogP contribution in [0.15, 0.2) is 46.8 Å². The molecule has 0 saturated heterocycles. The second-order valence-electron chi connectivity index (χ2n) is 6.11. The Morgan fingerprint density at radius 3 is 2.44 bits per heavy atom. The van der Waals surface area contributed by atoms with E-state index in [9.17, 15) is 0 Å². The number of hydrogen-bond acceptors (Lipinski definition) is 4. The van der Waals surface area contributed by atoms with Gasteiger partial charge in [-0.3, -0.25) is 0 Å². The summed E-state index contributed by atoms with van der Waals surface area (Å²) in [6.45, 7) is 6.02. The summed E-state index contributed by atoms with van der Waals surface area (Å²) in [6.07, 6.45) is 0. The highest BCUT2D eigenvalue weighted by Crippen LogP contribution is 2.14. The van der Waals surface area contributed by atoms with Crippen LogP contribution in [0.3, 0.4) is 0 Å². The van der Waals surface area contributed by atoms with Gasteiger partial charge in [0, 0.05) is 11.9 Å². The molecule has 3 rings (SSSR count). The molecule has 2 heterocycles. The molecule has 0 radical (unpaired) electrons. The number of thiophene rings is 1. The minimum Gasteiger partial charge on any atom is -0.351 e. The molecule has 6 nitrogen and oxygen atoms in total. The molecule has 0 bridgehead atoms. The first-order chi connectivity index (χ1) is 12.6. The average molecular weight is 496 g/mol. The molecule has 1 aromatic carbocycles. The first-order valence-electron chi connectivity index (χ1n) is 8.57. The Labute approximate surface area is 181 Å². The number of halogens is 1. The van der Waals surface area contributed by atoms with E-state index in [-0.39, 0.29) is 24.0 Å². The zero-order valence-electron chi connectivity index (χ0n) is 15.8. The van der Waals surface area contributed by atoms with Gasteiger partial charge in [0.25, 0.3) is 0 Å². The molecule has 0 spiro atoms. The van der Waals surface area contributed by atoms with Gasteiger partial charge in [0.2, 0.25) is 0 Å². The van der Waals surface area contributed by atoms with Crippen LogP contribution in [0.4, 0.5) is 0 Å². The second kappa shape index (κ2) is 10.4. The Morgan fingerprint density at radius 2 is 1.81 bits per heavy atom. The van der Waals surface area contributed by atoms with E-state index in [1.54, 1.807) is 11.3 Å². The summed E-state index contributed by atoms with van der Waals surface area (Å²) in [5.41, 5.74) is 2.48. The van der Waals surface area contributed by atoms with Gasteiger partial charge < -0.3 is 15.2 Å². The van der Waals surface area contributed by atoms with Crippen molar-refractivity contribution in [1.29, 1.82) is 0 Å². The lowest BCUT2D eigenvalue weighted by atomic mass is 10.2. The van der Waals surface area contributed by atoms with Crippen molar-refractivity contribution in [3.8, 4) is 0 Å². The van der Waals surface area contributed by atoms with E-state index in [1.807, 2.05) is 36.7 Å². The number of guanidine groups is 1. The van der Waals surface area contributed by atoms with Gasteiger partial charge in [-0.1, -0.05) is 30.3 Å². The lowest BCUT2D eigenvalue weighted by Gasteiger charge is -2.12. The van der Waals surface area contributed by atoms with Crippen LogP contribution in [-0.4, -0.2) is 20.7 Å². The Kier molecular flexibility index (Phi) is 8.23. The molecule has 2 N–H and O–H groups in total. The van der Waals surface area contributed by atoms with Gasteiger partial charge >= 0.3 is 0 Å². The first kappa shape index (κ1) is 21.4. The zero-order valence-corrected chi connectivity index (χ0v) is 18.9. The molecule has 0 aliphatic heterocycles. The number of rotatable bonds is 6. The maximum absolute atomic E-state index is 4.72. The second-order valence-corrected chi connectivity index (χ2v) is 7.11. The lowest BCUT2D eigenvalue weighted by Crippen LogP contribution is -2.37. The Hall–Kier alpha value is -1.94. The number of aliphatic imine (C=N–C) groups is 1. The van der Waals surface area contributed by atoms with Gasteiger partial charge in [0.15, 0.2) is 11.8 Å². The van der Waals surface area contributed by atoms with E-state index in [1.165, 1.54) is 16.0 Å². The van der Waals surface area contributed by atoms with E-state index in [4.69, 9.17) is 4.99 Å². The molecule has 2 aromatic heterocycles. The molecule has 0 saturated carbocycles. The SMILES string of the molecule is Cc1ccsc1CNC(=NCc1ccccc1)NCc1nnc(C)n1C.I. The fraction of sp³-hybridized carbons (Fsp3) is 0.316. The third-order valence-corrected chi connectivity index (χ3v) is 5.27. The number of aromatic nitrogens is 3. The van der Waals surface area contributed by atoms with Crippen LogP contribution in [0.1, 0.15) is 27.7 Å². The van der Waals surface area contributed by atoms with Crippen molar-refractivity contribution in [3.63, 3.8) is 0 Å². The quantitative estimate of drug-likeness (QED) is 0.311. The van der Waals surface area contributed by atoms with Crippen molar-refractivity contribution in [2.75, 3.05) is 0 Å². The van der Waals surface area contributed by atoms with Crippen LogP contribution < -0.4 is 10.6 Å². The van der Waals surface area contributed by atoms with Gasteiger partial charge in [0.05, 0.1) is 19.6 Å². The predicted molar refractivity (Wildman–Crippen MR) is 121 cm³/mol. The minimum atomic E-state index is 0. The highest BCUT2D eigenvalue weighted by molar-refractivity contribution is 14.0. The number of benzene rings is 1. The van der Waals surface area contributed by atoms with Gasteiger partial charge in [-0.05, 0) is 36.4 Å². The number of aryl methyl sites for hydroxylation is 2. The van der Waals surface area contributed by atoms with E-state index >= 15 is 0 Å². The fourth-order valence-electron chi connectivity index (χ4n) is 2.44. The van der Waals surface area contributed by atoms with Crippen molar-refractivity contribution < 1.29 is 0 Å². The van der Waals surface area contributed by atoms with Crippen LogP contribution in [0.25, 0.3) is 0 Å². The highest BCUT2D eigenvalue weighted by atomic mass is 127. The smallest absolute Gasteiger partial charge is 0.192 e. The van der Waals surface area contributed by atoms with Gasteiger partial charge in [-0.25, -0.2) is 4.99 Å². The van der Waals surface area contributed by atoms with Crippen LogP contribution >= 0.6 is 35.3 Å². The average Bonchev–Trinajstić information content (AvgIpc) is 3.21. The van der Waals surface area contributed by atoms with Gasteiger partial charge in [0.1, 0.15) is 5.82 Å². The molecule has 0 amide bonds. The summed E-state index contributed by atoms with van der Waals surface area (Å²) in [4.78, 5) is 6.03. The molecule has 0 aliphatic rings. The molecular weight excluding hydrogens is 471 g/mol. The molecule has 0 aliphatic carbocycles. The van der Waals surface area contributed by atoms with Gasteiger partial charge in [-0.15, -0.1) is 45.5 Å². The lowest BCUT2D eigenvalue weighted by molar-refractivity contribution is 0.715. The summed E-state index contributed by atoms with van der Waals surface area (Å²) in [5, 5.41) is 17.2. The molecule has 0 unspecified atom stereocenters. The molecule has 27 heavy (non-hydrogen) atoms. The molecular formula is C19H25IN6S.